The molecule has 1 aromatic carbocycles. The topological polar surface area (TPSA) is 20.3 Å². The van der Waals surface area contributed by atoms with Gasteiger partial charge in [-0.05, 0) is 36.0 Å². The molecule has 3 heteroatoms. The van der Waals surface area contributed by atoms with Gasteiger partial charge in [0, 0.05) is 23.5 Å². The van der Waals surface area contributed by atoms with E-state index in [9.17, 15) is 4.79 Å². The Kier molecular flexibility index (Phi) is 3.71. The molecule has 18 heavy (non-hydrogen) atoms. The average Bonchev–Trinajstić information content (AvgIpc) is 2.77. The van der Waals surface area contributed by atoms with Crippen LogP contribution in [-0.2, 0) is 0 Å². The quantitative estimate of drug-likeness (QED) is 0.769. The fourth-order valence-corrected chi connectivity index (χ4v) is 2.70. The number of rotatable bonds is 1. The van der Waals surface area contributed by atoms with Crippen LogP contribution in [0.3, 0.4) is 0 Å². The highest BCUT2D eigenvalue weighted by atomic mass is 32.1. The number of hydrogen-bond donors (Lipinski definition) is 1. The first-order valence-electron chi connectivity index (χ1n) is 6.46. The maximum absolute atomic E-state index is 12.4. The molecule has 0 spiro atoms. The second kappa shape index (κ2) is 4.96. The van der Waals surface area contributed by atoms with Crippen LogP contribution in [0.15, 0.2) is 29.2 Å². The van der Waals surface area contributed by atoms with Crippen molar-refractivity contribution in [3.8, 4) is 0 Å². The Labute approximate surface area is 115 Å². The van der Waals surface area contributed by atoms with E-state index in [1.807, 2.05) is 29.2 Å². The first-order chi connectivity index (χ1) is 8.38. The second-order valence-corrected chi connectivity index (χ2v) is 6.67. The molecule has 1 saturated heterocycles. The lowest BCUT2D eigenvalue weighted by Gasteiger charge is -2.27. The first-order valence-corrected chi connectivity index (χ1v) is 6.91. The summed E-state index contributed by atoms with van der Waals surface area (Å²) in [6.45, 7) is 8.50. The standard InChI is InChI=1S/C15H21NOS/c1-15(2,3)12-7-8-16(10-12)14(17)11-5-4-6-13(18)9-11/h4-6,9,12,18H,7-8,10H2,1-3H3. The van der Waals surface area contributed by atoms with Crippen molar-refractivity contribution in [2.75, 3.05) is 13.1 Å². The van der Waals surface area contributed by atoms with E-state index in [2.05, 4.69) is 33.4 Å². The van der Waals surface area contributed by atoms with Gasteiger partial charge in [-0.1, -0.05) is 26.8 Å². The van der Waals surface area contributed by atoms with E-state index in [1.165, 1.54) is 0 Å². The minimum atomic E-state index is 0.137. The maximum atomic E-state index is 12.4. The van der Waals surface area contributed by atoms with Crippen molar-refractivity contribution < 1.29 is 4.79 Å². The molecule has 1 unspecified atom stereocenters. The third-order valence-corrected chi connectivity index (χ3v) is 4.07. The van der Waals surface area contributed by atoms with Crippen molar-refractivity contribution in [1.29, 1.82) is 0 Å². The van der Waals surface area contributed by atoms with E-state index in [4.69, 9.17) is 0 Å². The minimum absolute atomic E-state index is 0.137. The van der Waals surface area contributed by atoms with Gasteiger partial charge < -0.3 is 4.90 Å². The lowest BCUT2D eigenvalue weighted by Crippen LogP contribution is -2.31. The van der Waals surface area contributed by atoms with E-state index in [0.717, 1.165) is 30.0 Å². The average molecular weight is 263 g/mol. The predicted molar refractivity (Wildman–Crippen MR) is 77.2 cm³/mol. The number of hydrogen-bond acceptors (Lipinski definition) is 2. The fourth-order valence-electron chi connectivity index (χ4n) is 2.47. The van der Waals surface area contributed by atoms with Crippen molar-refractivity contribution >= 4 is 18.5 Å². The molecule has 0 saturated carbocycles. The molecule has 1 heterocycles. The first kappa shape index (κ1) is 13.5. The zero-order valence-electron chi connectivity index (χ0n) is 11.3. The van der Waals surface area contributed by atoms with Crippen molar-refractivity contribution in [2.45, 2.75) is 32.1 Å². The SMILES string of the molecule is CC(C)(C)C1CCN(C(=O)c2cccc(S)c2)C1. The van der Waals surface area contributed by atoms with Crippen LogP contribution in [0.25, 0.3) is 0 Å². The Morgan fingerprint density at radius 3 is 2.67 bits per heavy atom. The summed E-state index contributed by atoms with van der Waals surface area (Å²) in [6.07, 6.45) is 1.11. The Morgan fingerprint density at radius 1 is 1.39 bits per heavy atom. The van der Waals surface area contributed by atoms with Gasteiger partial charge in [0.1, 0.15) is 0 Å². The zero-order chi connectivity index (χ0) is 13.3. The van der Waals surface area contributed by atoms with Gasteiger partial charge in [-0.25, -0.2) is 0 Å². The number of likely N-dealkylation sites (tertiary alicyclic amines) is 1. The van der Waals surface area contributed by atoms with Gasteiger partial charge in [0.05, 0.1) is 0 Å². The molecular weight excluding hydrogens is 242 g/mol. The van der Waals surface area contributed by atoms with E-state index in [-0.39, 0.29) is 11.3 Å². The number of amides is 1. The highest BCUT2D eigenvalue weighted by Gasteiger charge is 2.34. The predicted octanol–water partition coefficient (Wildman–Crippen LogP) is 3.48. The van der Waals surface area contributed by atoms with Crippen molar-refractivity contribution in [3.05, 3.63) is 29.8 Å². The van der Waals surface area contributed by atoms with Crippen LogP contribution in [0, 0.1) is 11.3 Å². The molecule has 1 amide bonds. The molecule has 98 valence electrons. The van der Waals surface area contributed by atoms with E-state index < -0.39 is 0 Å². The van der Waals surface area contributed by atoms with Crippen LogP contribution in [0.5, 0.6) is 0 Å². The Balaban J connectivity index is 2.08. The van der Waals surface area contributed by atoms with Gasteiger partial charge in [0.25, 0.3) is 5.91 Å². The Bertz CT molecular complexity index is 450. The molecular formula is C15H21NOS. The molecule has 0 aromatic heterocycles. The summed E-state index contributed by atoms with van der Waals surface area (Å²) in [5.74, 6) is 0.735. The van der Waals surface area contributed by atoms with Crippen molar-refractivity contribution in [3.63, 3.8) is 0 Å². The van der Waals surface area contributed by atoms with Gasteiger partial charge in [0.2, 0.25) is 0 Å². The number of nitrogens with zero attached hydrogens (tertiary/aromatic N) is 1. The second-order valence-electron chi connectivity index (χ2n) is 6.15. The molecule has 1 aromatic rings. The summed E-state index contributed by atoms with van der Waals surface area (Å²) in [5.41, 5.74) is 1.03. The number of thiol groups is 1. The maximum Gasteiger partial charge on any atom is 0.253 e. The lowest BCUT2D eigenvalue weighted by atomic mass is 9.80. The normalized spacial score (nSPS) is 20.2. The number of carbonyl (C=O) groups is 1. The van der Waals surface area contributed by atoms with Crippen LogP contribution < -0.4 is 0 Å². The monoisotopic (exact) mass is 263 g/mol. The van der Waals surface area contributed by atoms with Gasteiger partial charge >= 0.3 is 0 Å². The third kappa shape index (κ3) is 2.89. The Morgan fingerprint density at radius 2 is 2.11 bits per heavy atom. The molecule has 1 aliphatic heterocycles. The summed E-state index contributed by atoms with van der Waals surface area (Å²) in [5, 5.41) is 0. The Hall–Kier alpha value is -0.960. The smallest absolute Gasteiger partial charge is 0.253 e. The van der Waals surface area contributed by atoms with Gasteiger partial charge in [-0.15, -0.1) is 12.6 Å². The lowest BCUT2D eigenvalue weighted by molar-refractivity contribution is 0.0776. The van der Waals surface area contributed by atoms with Crippen LogP contribution in [0.2, 0.25) is 0 Å². The van der Waals surface area contributed by atoms with E-state index in [0.29, 0.717) is 5.92 Å². The van der Waals surface area contributed by atoms with Crippen LogP contribution >= 0.6 is 12.6 Å². The summed E-state index contributed by atoms with van der Waals surface area (Å²) >= 11 is 4.28. The molecule has 2 rings (SSSR count). The van der Waals surface area contributed by atoms with Gasteiger partial charge in [-0.3, -0.25) is 4.79 Å². The van der Waals surface area contributed by atoms with E-state index in [1.54, 1.807) is 0 Å². The van der Waals surface area contributed by atoms with Crippen LogP contribution in [0.4, 0.5) is 0 Å². The van der Waals surface area contributed by atoms with Gasteiger partial charge in [0.15, 0.2) is 0 Å². The largest absolute Gasteiger partial charge is 0.338 e. The third-order valence-electron chi connectivity index (χ3n) is 3.79. The summed E-state index contributed by atoms with van der Waals surface area (Å²) < 4.78 is 0. The molecule has 1 fully saturated rings. The molecule has 1 aliphatic rings. The molecule has 0 bridgehead atoms. The molecule has 0 aliphatic carbocycles. The number of benzene rings is 1. The van der Waals surface area contributed by atoms with Gasteiger partial charge in [-0.2, -0.15) is 0 Å². The number of carbonyl (C=O) groups excluding carboxylic acids is 1. The fraction of sp³-hybridized carbons (Fsp3) is 0.533. The minimum Gasteiger partial charge on any atom is -0.338 e. The van der Waals surface area contributed by atoms with E-state index >= 15 is 0 Å². The highest BCUT2D eigenvalue weighted by Crippen LogP contribution is 2.34. The van der Waals surface area contributed by atoms with Crippen LogP contribution in [-0.4, -0.2) is 23.9 Å². The molecule has 1 atom stereocenters. The van der Waals surface area contributed by atoms with Crippen molar-refractivity contribution in [1.82, 2.24) is 4.90 Å². The van der Waals surface area contributed by atoms with Crippen molar-refractivity contribution in [2.24, 2.45) is 11.3 Å². The summed E-state index contributed by atoms with van der Waals surface area (Å²) in [4.78, 5) is 15.2. The summed E-state index contributed by atoms with van der Waals surface area (Å²) in [6, 6.07) is 7.48. The molecule has 0 radical (unpaired) electrons. The highest BCUT2D eigenvalue weighted by molar-refractivity contribution is 7.80. The van der Waals surface area contributed by atoms with Crippen LogP contribution in [0.1, 0.15) is 37.6 Å². The molecule has 2 nitrogen and oxygen atoms in total. The molecule has 0 N–H and O–H groups in total. The zero-order valence-corrected chi connectivity index (χ0v) is 12.2. The summed E-state index contributed by atoms with van der Waals surface area (Å²) in [7, 11) is 0.